The van der Waals surface area contributed by atoms with Gasteiger partial charge in [-0.15, -0.1) is 11.6 Å². The zero-order valence-corrected chi connectivity index (χ0v) is 12.5. The molecule has 20 heavy (non-hydrogen) atoms. The minimum atomic E-state index is -3.43. The maximum atomic E-state index is 12.4. The molecule has 0 atom stereocenters. The average Bonchev–Trinajstić information content (AvgIpc) is 2.48. The molecule has 1 aliphatic heterocycles. The number of benzene rings is 1. The van der Waals surface area contributed by atoms with Crippen molar-refractivity contribution in [3.63, 3.8) is 0 Å². The summed E-state index contributed by atoms with van der Waals surface area (Å²) in [6, 6.07) is 6.32. The van der Waals surface area contributed by atoms with Crippen LogP contribution in [0.1, 0.15) is 0 Å². The van der Waals surface area contributed by atoms with Crippen LogP contribution in [0.3, 0.4) is 0 Å². The third-order valence-electron chi connectivity index (χ3n) is 2.96. The minimum absolute atomic E-state index is 0.140. The first kappa shape index (κ1) is 15.2. The van der Waals surface area contributed by atoms with Crippen LogP contribution in [0.2, 0.25) is 0 Å². The van der Waals surface area contributed by atoms with Gasteiger partial charge in [0.15, 0.2) is 0 Å². The molecule has 8 heteroatoms. The zero-order chi connectivity index (χ0) is 14.6. The van der Waals surface area contributed by atoms with E-state index >= 15 is 0 Å². The molecule has 1 heterocycles. The number of alkyl halides is 1. The number of nitrogens with two attached hydrogens (primary N) is 1. The highest BCUT2D eigenvalue weighted by molar-refractivity contribution is 7.89. The van der Waals surface area contributed by atoms with Crippen molar-refractivity contribution in [1.82, 2.24) is 9.62 Å². The SMILES string of the molecule is NC(CCl)=Nc1ccc(S(=O)(=O)N2CCNCC2)cc1. The number of aliphatic imine (C=N–C) groups is 1. The Morgan fingerprint density at radius 1 is 1.30 bits per heavy atom. The summed E-state index contributed by atoms with van der Waals surface area (Å²) in [5, 5.41) is 3.13. The first-order valence-electron chi connectivity index (χ1n) is 6.24. The highest BCUT2D eigenvalue weighted by Gasteiger charge is 2.25. The summed E-state index contributed by atoms with van der Waals surface area (Å²) in [4.78, 5) is 4.32. The van der Waals surface area contributed by atoms with E-state index < -0.39 is 10.0 Å². The fraction of sp³-hybridized carbons (Fsp3) is 0.417. The van der Waals surface area contributed by atoms with Crippen molar-refractivity contribution in [3.05, 3.63) is 24.3 Å². The molecule has 0 aliphatic carbocycles. The summed E-state index contributed by atoms with van der Waals surface area (Å²) >= 11 is 5.54. The summed E-state index contributed by atoms with van der Waals surface area (Å²) in [5.74, 6) is 0.435. The molecule has 110 valence electrons. The van der Waals surface area contributed by atoms with E-state index in [4.69, 9.17) is 17.3 Å². The third kappa shape index (κ3) is 3.49. The Balaban J connectivity index is 2.20. The van der Waals surface area contributed by atoms with Crippen LogP contribution in [0.25, 0.3) is 0 Å². The molecular formula is C12H17ClN4O2S. The van der Waals surface area contributed by atoms with Crippen LogP contribution in [-0.2, 0) is 10.0 Å². The summed E-state index contributed by atoms with van der Waals surface area (Å²) in [6.45, 7) is 2.32. The molecule has 0 radical (unpaired) electrons. The second-order valence-electron chi connectivity index (χ2n) is 4.38. The lowest BCUT2D eigenvalue weighted by molar-refractivity contribution is 0.360. The number of piperazine rings is 1. The first-order valence-corrected chi connectivity index (χ1v) is 8.21. The Hall–Kier alpha value is -1.15. The largest absolute Gasteiger partial charge is 0.386 e. The molecule has 0 unspecified atom stereocenters. The molecule has 1 saturated heterocycles. The monoisotopic (exact) mass is 316 g/mol. The second-order valence-corrected chi connectivity index (χ2v) is 6.59. The summed E-state index contributed by atoms with van der Waals surface area (Å²) in [7, 11) is -3.43. The van der Waals surface area contributed by atoms with E-state index in [9.17, 15) is 8.42 Å². The predicted molar refractivity (Wildman–Crippen MR) is 80.1 cm³/mol. The minimum Gasteiger partial charge on any atom is -0.386 e. The van der Waals surface area contributed by atoms with Crippen molar-refractivity contribution in [2.24, 2.45) is 10.7 Å². The van der Waals surface area contributed by atoms with Gasteiger partial charge < -0.3 is 11.1 Å². The van der Waals surface area contributed by atoms with Crippen molar-refractivity contribution in [2.75, 3.05) is 32.1 Å². The number of nitrogens with zero attached hydrogens (tertiary/aromatic N) is 2. The highest BCUT2D eigenvalue weighted by atomic mass is 35.5. The Bertz CT molecular complexity index is 580. The van der Waals surface area contributed by atoms with Gasteiger partial charge in [-0.25, -0.2) is 13.4 Å². The topological polar surface area (TPSA) is 87.8 Å². The molecule has 1 aromatic carbocycles. The molecule has 0 spiro atoms. The molecule has 1 aliphatic rings. The van der Waals surface area contributed by atoms with Crippen molar-refractivity contribution in [3.8, 4) is 0 Å². The lowest BCUT2D eigenvalue weighted by Crippen LogP contribution is -2.46. The number of hydrogen-bond donors (Lipinski definition) is 2. The van der Waals surface area contributed by atoms with Crippen molar-refractivity contribution in [2.45, 2.75) is 4.90 Å². The predicted octanol–water partition coefficient (Wildman–Crippen LogP) is 0.508. The van der Waals surface area contributed by atoms with Gasteiger partial charge in [0.2, 0.25) is 10.0 Å². The molecule has 0 aromatic heterocycles. The van der Waals surface area contributed by atoms with Gasteiger partial charge in [-0.2, -0.15) is 4.31 Å². The number of hydrogen-bond acceptors (Lipinski definition) is 4. The van der Waals surface area contributed by atoms with Crippen LogP contribution in [0.15, 0.2) is 34.2 Å². The van der Waals surface area contributed by atoms with E-state index in [1.807, 2.05) is 0 Å². The van der Waals surface area contributed by atoms with Crippen molar-refractivity contribution >= 4 is 33.1 Å². The lowest BCUT2D eigenvalue weighted by atomic mass is 10.3. The van der Waals surface area contributed by atoms with Gasteiger partial charge in [0, 0.05) is 26.2 Å². The van der Waals surface area contributed by atoms with Gasteiger partial charge in [-0.05, 0) is 24.3 Å². The number of nitrogens with one attached hydrogen (secondary N) is 1. The highest BCUT2D eigenvalue weighted by Crippen LogP contribution is 2.20. The molecule has 3 N–H and O–H groups in total. The van der Waals surface area contributed by atoms with E-state index in [0.29, 0.717) is 37.7 Å². The van der Waals surface area contributed by atoms with Gasteiger partial charge in [0.05, 0.1) is 16.5 Å². The fourth-order valence-electron chi connectivity index (χ4n) is 1.92. The van der Waals surface area contributed by atoms with Gasteiger partial charge in [0.25, 0.3) is 0 Å². The van der Waals surface area contributed by atoms with Crippen LogP contribution >= 0.6 is 11.6 Å². The van der Waals surface area contributed by atoms with Gasteiger partial charge in [-0.1, -0.05) is 0 Å². The standard InChI is InChI=1S/C12H17ClN4O2S/c13-9-12(14)16-10-1-3-11(4-2-10)20(18,19)17-7-5-15-6-8-17/h1-4,15H,5-9H2,(H2,14,16). The molecule has 0 saturated carbocycles. The quantitative estimate of drug-likeness (QED) is 0.481. The summed E-state index contributed by atoms with van der Waals surface area (Å²) in [5.41, 5.74) is 6.12. The molecule has 6 nitrogen and oxygen atoms in total. The summed E-state index contributed by atoms with van der Waals surface area (Å²) < 4.78 is 26.3. The van der Waals surface area contributed by atoms with Gasteiger partial charge in [-0.3, -0.25) is 0 Å². The van der Waals surface area contributed by atoms with E-state index in [-0.39, 0.29) is 10.8 Å². The van der Waals surface area contributed by atoms with Crippen LogP contribution < -0.4 is 11.1 Å². The van der Waals surface area contributed by atoms with Crippen molar-refractivity contribution in [1.29, 1.82) is 0 Å². The third-order valence-corrected chi connectivity index (χ3v) is 5.15. The molecule has 1 fully saturated rings. The summed E-state index contributed by atoms with van der Waals surface area (Å²) in [6.07, 6.45) is 0. The maximum absolute atomic E-state index is 12.4. The van der Waals surface area contributed by atoms with E-state index in [1.54, 1.807) is 12.1 Å². The molecule has 1 aromatic rings. The van der Waals surface area contributed by atoms with E-state index in [0.717, 1.165) is 0 Å². The number of halogens is 1. The van der Waals surface area contributed by atoms with Crippen LogP contribution in [0.5, 0.6) is 0 Å². The zero-order valence-electron chi connectivity index (χ0n) is 10.9. The molecule has 2 rings (SSSR count). The molecule has 0 amide bonds. The van der Waals surface area contributed by atoms with Crippen LogP contribution in [-0.4, -0.2) is 50.6 Å². The van der Waals surface area contributed by atoms with Crippen molar-refractivity contribution < 1.29 is 8.42 Å². The van der Waals surface area contributed by atoms with E-state index in [2.05, 4.69) is 10.3 Å². The Kier molecular flexibility index (Phi) is 4.98. The Morgan fingerprint density at radius 3 is 2.45 bits per heavy atom. The smallest absolute Gasteiger partial charge is 0.243 e. The van der Waals surface area contributed by atoms with E-state index in [1.165, 1.54) is 16.4 Å². The Morgan fingerprint density at radius 2 is 1.90 bits per heavy atom. The molecular weight excluding hydrogens is 300 g/mol. The number of amidine groups is 1. The van der Waals surface area contributed by atoms with Gasteiger partial charge in [0.1, 0.15) is 5.84 Å². The molecule has 0 bridgehead atoms. The maximum Gasteiger partial charge on any atom is 0.243 e. The van der Waals surface area contributed by atoms with Crippen LogP contribution in [0, 0.1) is 0 Å². The second kappa shape index (κ2) is 6.53. The lowest BCUT2D eigenvalue weighted by Gasteiger charge is -2.26. The average molecular weight is 317 g/mol. The van der Waals surface area contributed by atoms with Gasteiger partial charge >= 0.3 is 0 Å². The van der Waals surface area contributed by atoms with Crippen LogP contribution in [0.4, 0.5) is 5.69 Å². The number of rotatable bonds is 4. The fourth-order valence-corrected chi connectivity index (χ4v) is 3.42. The normalized spacial score (nSPS) is 18.1. The number of sulfonamides is 1. The Labute approximate surface area is 123 Å². The first-order chi connectivity index (χ1) is 9.54.